The standard InChI is InChI=1S/C12H16ClN3S/c1-9-3-4-10-12(14-9)16(7-8-17-2)11(15-10)5-6-13/h3-4H,5-8H2,1-2H3. The number of hydrogen-bond acceptors (Lipinski definition) is 3. The van der Waals surface area contributed by atoms with Gasteiger partial charge in [-0.15, -0.1) is 11.6 Å². The van der Waals surface area contributed by atoms with Crippen molar-refractivity contribution in [2.24, 2.45) is 0 Å². The molecule has 0 atom stereocenters. The maximum absolute atomic E-state index is 5.82. The number of pyridine rings is 1. The van der Waals surface area contributed by atoms with Gasteiger partial charge >= 0.3 is 0 Å². The van der Waals surface area contributed by atoms with Crippen LogP contribution in [0.3, 0.4) is 0 Å². The molecule has 0 aromatic carbocycles. The lowest BCUT2D eigenvalue weighted by Crippen LogP contribution is -2.07. The van der Waals surface area contributed by atoms with Crippen LogP contribution in [0.2, 0.25) is 0 Å². The van der Waals surface area contributed by atoms with E-state index in [2.05, 4.69) is 20.8 Å². The van der Waals surface area contributed by atoms with Crippen LogP contribution in [0.4, 0.5) is 0 Å². The van der Waals surface area contributed by atoms with Gasteiger partial charge < -0.3 is 4.57 Å². The highest BCUT2D eigenvalue weighted by molar-refractivity contribution is 7.98. The summed E-state index contributed by atoms with van der Waals surface area (Å²) in [5.41, 5.74) is 2.98. The molecule has 0 amide bonds. The number of alkyl halides is 1. The number of hydrogen-bond donors (Lipinski definition) is 0. The predicted octanol–water partition coefficient (Wildman–Crippen LogP) is 2.88. The van der Waals surface area contributed by atoms with Crippen LogP contribution >= 0.6 is 23.4 Å². The fourth-order valence-corrected chi connectivity index (χ4v) is 2.37. The number of halogens is 1. The monoisotopic (exact) mass is 269 g/mol. The molecule has 92 valence electrons. The number of thioether (sulfide) groups is 1. The van der Waals surface area contributed by atoms with Gasteiger partial charge in [0, 0.05) is 30.3 Å². The van der Waals surface area contributed by atoms with Gasteiger partial charge in [-0.25, -0.2) is 9.97 Å². The number of rotatable bonds is 5. The molecule has 0 aliphatic carbocycles. The van der Waals surface area contributed by atoms with E-state index in [0.717, 1.165) is 41.4 Å². The molecule has 0 aliphatic rings. The Kier molecular flexibility index (Phi) is 4.29. The fraction of sp³-hybridized carbons (Fsp3) is 0.500. The average molecular weight is 270 g/mol. The molecule has 2 aromatic rings. The summed E-state index contributed by atoms with van der Waals surface area (Å²) in [6.45, 7) is 2.95. The Morgan fingerprint density at radius 2 is 2.18 bits per heavy atom. The Hall–Kier alpha value is -0.740. The Labute approximate surface area is 111 Å². The van der Waals surface area contributed by atoms with Crippen molar-refractivity contribution in [1.82, 2.24) is 14.5 Å². The normalized spacial score (nSPS) is 11.2. The first-order chi connectivity index (χ1) is 8.26. The third-order valence-electron chi connectivity index (χ3n) is 2.65. The SMILES string of the molecule is CSCCn1c(CCCl)nc2ccc(C)nc21. The Morgan fingerprint density at radius 1 is 1.35 bits per heavy atom. The van der Waals surface area contributed by atoms with Gasteiger partial charge in [0.05, 0.1) is 0 Å². The van der Waals surface area contributed by atoms with Gasteiger partial charge in [-0.1, -0.05) is 0 Å². The maximum Gasteiger partial charge on any atom is 0.160 e. The minimum Gasteiger partial charge on any atom is -0.312 e. The van der Waals surface area contributed by atoms with Crippen molar-refractivity contribution < 1.29 is 0 Å². The van der Waals surface area contributed by atoms with Gasteiger partial charge in [-0.2, -0.15) is 11.8 Å². The lowest BCUT2D eigenvalue weighted by atomic mass is 10.3. The van der Waals surface area contributed by atoms with Crippen LogP contribution in [-0.4, -0.2) is 32.4 Å². The van der Waals surface area contributed by atoms with Crippen molar-refractivity contribution in [3.8, 4) is 0 Å². The second-order valence-corrected chi connectivity index (χ2v) is 5.27. The minimum absolute atomic E-state index is 0.599. The third-order valence-corrected chi connectivity index (χ3v) is 3.43. The van der Waals surface area contributed by atoms with Crippen molar-refractivity contribution in [3.63, 3.8) is 0 Å². The van der Waals surface area contributed by atoms with Crippen LogP contribution in [0.5, 0.6) is 0 Å². The number of nitrogens with zero attached hydrogens (tertiary/aromatic N) is 3. The summed E-state index contributed by atoms with van der Waals surface area (Å²) in [5, 5.41) is 0. The van der Waals surface area contributed by atoms with Crippen molar-refractivity contribution in [2.45, 2.75) is 19.9 Å². The number of imidazole rings is 1. The van der Waals surface area contributed by atoms with Gasteiger partial charge in [0.2, 0.25) is 0 Å². The van der Waals surface area contributed by atoms with E-state index in [1.165, 1.54) is 0 Å². The van der Waals surface area contributed by atoms with Crippen molar-refractivity contribution in [3.05, 3.63) is 23.7 Å². The van der Waals surface area contributed by atoms with E-state index in [-0.39, 0.29) is 0 Å². The summed E-state index contributed by atoms with van der Waals surface area (Å²) in [4.78, 5) is 9.18. The highest BCUT2D eigenvalue weighted by Crippen LogP contribution is 2.16. The van der Waals surface area contributed by atoms with Crippen LogP contribution < -0.4 is 0 Å². The summed E-state index contributed by atoms with van der Waals surface area (Å²) in [6, 6.07) is 4.03. The molecule has 0 N–H and O–H groups in total. The Morgan fingerprint density at radius 3 is 2.88 bits per heavy atom. The van der Waals surface area contributed by atoms with Gasteiger partial charge in [-0.05, 0) is 25.3 Å². The lowest BCUT2D eigenvalue weighted by Gasteiger charge is -2.06. The molecule has 0 radical (unpaired) electrons. The molecule has 0 spiro atoms. The summed E-state index contributed by atoms with van der Waals surface area (Å²) in [5.74, 6) is 2.71. The highest BCUT2D eigenvalue weighted by atomic mass is 35.5. The van der Waals surface area contributed by atoms with Crippen LogP contribution in [-0.2, 0) is 13.0 Å². The van der Waals surface area contributed by atoms with E-state index in [1.807, 2.05) is 30.8 Å². The molecule has 0 fully saturated rings. The van der Waals surface area contributed by atoms with E-state index < -0.39 is 0 Å². The topological polar surface area (TPSA) is 30.7 Å². The van der Waals surface area contributed by atoms with Crippen LogP contribution in [0.25, 0.3) is 11.2 Å². The first kappa shape index (κ1) is 12.7. The van der Waals surface area contributed by atoms with E-state index in [0.29, 0.717) is 5.88 Å². The maximum atomic E-state index is 5.82. The summed E-state index contributed by atoms with van der Waals surface area (Å²) in [7, 11) is 0. The molecule has 0 saturated carbocycles. The first-order valence-electron chi connectivity index (χ1n) is 5.64. The zero-order valence-electron chi connectivity index (χ0n) is 10.1. The molecule has 2 rings (SSSR count). The molecule has 0 bridgehead atoms. The predicted molar refractivity (Wildman–Crippen MR) is 75.1 cm³/mol. The molecule has 3 nitrogen and oxygen atoms in total. The molecule has 17 heavy (non-hydrogen) atoms. The quantitative estimate of drug-likeness (QED) is 0.782. The van der Waals surface area contributed by atoms with Crippen LogP contribution in [0, 0.1) is 6.92 Å². The zero-order chi connectivity index (χ0) is 12.3. The van der Waals surface area contributed by atoms with Gasteiger partial charge in [-0.3, -0.25) is 0 Å². The minimum atomic E-state index is 0.599. The summed E-state index contributed by atoms with van der Waals surface area (Å²) >= 11 is 7.65. The molecular formula is C12H16ClN3S. The second kappa shape index (κ2) is 5.74. The summed E-state index contributed by atoms with van der Waals surface area (Å²) < 4.78 is 2.20. The fourth-order valence-electron chi connectivity index (χ4n) is 1.84. The number of aryl methyl sites for hydroxylation is 3. The molecule has 0 unspecified atom stereocenters. The first-order valence-corrected chi connectivity index (χ1v) is 7.56. The van der Waals surface area contributed by atoms with Gasteiger partial charge in [0.1, 0.15) is 11.3 Å². The third kappa shape index (κ3) is 2.75. The largest absolute Gasteiger partial charge is 0.312 e. The van der Waals surface area contributed by atoms with E-state index >= 15 is 0 Å². The van der Waals surface area contributed by atoms with E-state index in [9.17, 15) is 0 Å². The second-order valence-electron chi connectivity index (χ2n) is 3.91. The van der Waals surface area contributed by atoms with Crippen LogP contribution in [0.1, 0.15) is 11.5 Å². The highest BCUT2D eigenvalue weighted by Gasteiger charge is 2.11. The molecular weight excluding hydrogens is 254 g/mol. The molecule has 2 aromatic heterocycles. The van der Waals surface area contributed by atoms with Crippen molar-refractivity contribution in [2.75, 3.05) is 17.9 Å². The van der Waals surface area contributed by atoms with Crippen LogP contribution in [0.15, 0.2) is 12.1 Å². The van der Waals surface area contributed by atoms with Crippen molar-refractivity contribution >= 4 is 34.5 Å². The van der Waals surface area contributed by atoms with E-state index in [1.54, 1.807) is 0 Å². The zero-order valence-corrected chi connectivity index (χ0v) is 11.7. The molecule has 2 heterocycles. The molecule has 0 aliphatic heterocycles. The van der Waals surface area contributed by atoms with E-state index in [4.69, 9.17) is 11.6 Å². The summed E-state index contributed by atoms with van der Waals surface area (Å²) in [6.07, 6.45) is 2.91. The smallest absolute Gasteiger partial charge is 0.160 e. The Bertz CT molecular complexity index is 510. The lowest BCUT2D eigenvalue weighted by molar-refractivity contribution is 0.727. The molecule has 0 saturated heterocycles. The molecule has 5 heteroatoms. The number of aromatic nitrogens is 3. The average Bonchev–Trinajstić information content (AvgIpc) is 2.64. The van der Waals surface area contributed by atoms with Gasteiger partial charge in [0.15, 0.2) is 5.65 Å². The Balaban J connectivity index is 2.47. The van der Waals surface area contributed by atoms with Crippen molar-refractivity contribution in [1.29, 1.82) is 0 Å². The number of fused-ring (bicyclic) bond motifs is 1. The van der Waals surface area contributed by atoms with Gasteiger partial charge in [0.25, 0.3) is 0 Å².